The molecule has 1 aromatic rings. The number of nitro groups is 1. The van der Waals surface area contributed by atoms with Gasteiger partial charge in [0.05, 0.1) is 11.0 Å². The van der Waals surface area contributed by atoms with E-state index in [9.17, 15) is 24.5 Å². The van der Waals surface area contributed by atoms with Crippen molar-refractivity contribution < 1.29 is 19.3 Å². The molecule has 10 nitrogen and oxygen atoms in total. The van der Waals surface area contributed by atoms with Crippen LogP contribution in [0.4, 0.5) is 21.9 Å². The van der Waals surface area contributed by atoms with Crippen molar-refractivity contribution in [2.75, 3.05) is 43.5 Å². The molecule has 0 radical (unpaired) electrons. The topological polar surface area (TPSA) is 107 Å². The lowest BCUT2D eigenvalue weighted by molar-refractivity contribution is -0.384. The van der Waals surface area contributed by atoms with E-state index in [4.69, 9.17) is 0 Å². The van der Waals surface area contributed by atoms with Gasteiger partial charge in [0.25, 0.3) is 5.69 Å². The molecule has 4 aliphatic rings. The smallest absolute Gasteiger partial charge is 0.332 e. The molecule has 3 fully saturated rings. The number of hydrogen-bond donors (Lipinski definition) is 0. The van der Waals surface area contributed by atoms with E-state index in [2.05, 4.69) is 9.80 Å². The number of imide groups is 2. The maximum absolute atomic E-state index is 13.7. The lowest BCUT2D eigenvalue weighted by atomic mass is 9.65. The van der Waals surface area contributed by atoms with Gasteiger partial charge in [0.15, 0.2) is 5.41 Å². The molecule has 0 bridgehead atoms. The van der Waals surface area contributed by atoms with Crippen LogP contribution in [0.5, 0.6) is 0 Å². The number of piperidine rings is 2. The summed E-state index contributed by atoms with van der Waals surface area (Å²) in [5, 5.41) is 12.0. The van der Waals surface area contributed by atoms with Gasteiger partial charge in [-0.3, -0.25) is 29.5 Å². The zero-order chi connectivity index (χ0) is 23.5. The maximum Gasteiger partial charge on any atom is 0.332 e. The molecule has 4 heterocycles. The van der Waals surface area contributed by atoms with Crippen LogP contribution in [0.2, 0.25) is 0 Å². The summed E-state index contributed by atoms with van der Waals surface area (Å²) in [5.74, 6) is -1.01. The van der Waals surface area contributed by atoms with Gasteiger partial charge in [-0.25, -0.2) is 4.79 Å². The second kappa shape index (κ2) is 7.71. The van der Waals surface area contributed by atoms with Gasteiger partial charge >= 0.3 is 6.03 Å². The summed E-state index contributed by atoms with van der Waals surface area (Å²) in [6.07, 6.45) is 5.47. The minimum absolute atomic E-state index is 0.00903. The van der Waals surface area contributed by atoms with Crippen molar-refractivity contribution in [3.05, 3.63) is 27.8 Å². The Hall–Kier alpha value is -3.17. The predicted molar refractivity (Wildman–Crippen MR) is 121 cm³/mol. The molecule has 1 atom stereocenters. The number of amides is 4. The van der Waals surface area contributed by atoms with Crippen LogP contribution >= 0.6 is 0 Å². The van der Waals surface area contributed by atoms with Gasteiger partial charge in [-0.2, -0.15) is 0 Å². The third-order valence-corrected chi connectivity index (χ3v) is 7.89. The SMILES string of the molecule is CN1C(=O)N(C)C(=O)C2(Cc3c(ccc([N+](=O)[O-])c3N3CCCCC3)N3CCCC[C@H]32)C1=O. The molecular weight excluding hydrogens is 426 g/mol. The molecule has 176 valence electrons. The fourth-order valence-corrected chi connectivity index (χ4v) is 6.33. The minimum Gasteiger partial charge on any atom is -0.367 e. The van der Waals surface area contributed by atoms with Crippen molar-refractivity contribution in [1.82, 2.24) is 9.80 Å². The summed E-state index contributed by atoms with van der Waals surface area (Å²) in [7, 11) is 2.83. The largest absolute Gasteiger partial charge is 0.367 e. The third kappa shape index (κ3) is 2.95. The summed E-state index contributed by atoms with van der Waals surface area (Å²) in [5.41, 5.74) is 0.629. The van der Waals surface area contributed by atoms with Crippen LogP contribution in [0.15, 0.2) is 12.1 Å². The lowest BCUT2D eigenvalue weighted by Gasteiger charge is -2.55. The summed E-state index contributed by atoms with van der Waals surface area (Å²) in [6.45, 7) is 2.07. The van der Waals surface area contributed by atoms with Gasteiger partial charge in [-0.15, -0.1) is 0 Å². The highest BCUT2D eigenvalue weighted by molar-refractivity contribution is 6.20. The van der Waals surface area contributed by atoms with Gasteiger partial charge in [-0.05, 0) is 44.6 Å². The van der Waals surface area contributed by atoms with E-state index < -0.39 is 23.3 Å². The number of urea groups is 1. The fraction of sp³-hybridized carbons (Fsp3) is 0.609. The Bertz CT molecular complexity index is 1030. The molecule has 5 rings (SSSR count). The molecule has 1 aromatic carbocycles. The van der Waals surface area contributed by atoms with Crippen molar-refractivity contribution in [3.8, 4) is 0 Å². The Balaban J connectivity index is 1.75. The standard InChI is InChI=1S/C23H29N5O5/c1-24-20(29)23(21(30)25(2)22(24)31)14-15-16(27-13-7-4-8-18(23)27)9-10-17(28(32)33)19(15)26-11-5-3-6-12-26/h9-10,18H,3-8,11-14H2,1-2H3/t18-/m0/s1. The number of fused-ring (bicyclic) bond motifs is 4. The molecule has 0 aliphatic carbocycles. The number of anilines is 2. The van der Waals surface area contributed by atoms with Crippen LogP contribution in [0, 0.1) is 15.5 Å². The number of carbonyl (C=O) groups excluding carboxylic acids is 3. The van der Waals surface area contributed by atoms with Crippen molar-refractivity contribution in [2.45, 2.75) is 51.0 Å². The number of rotatable bonds is 2. The highest BCUT2D eigenvalue weighted by Gasteiger charge is 2.63. The van der Waals surface area contributed by atoms with Crippen LogP contribution in [0.1, 0.15) is 44.1 Å². The summed E-state index contributed by atoms with van der Waals surface area (Å²) in [6, 6.07) is 2.33. The van der Waals surface area contributed by atoms with E-state index in [0.717, 1.165) is 47.6 Å². The number of nitro benzene ring substituents is 1. The monoisotopic (exact) mass is 455 g/mol. The Morgan fingerprint density at radius 1 is 0.939 bits per heavy atom. The van der Waals surface area contributed by atoms with Gasteiger partial charge in [0.1, 0.15) is 5.69 Å². The highest BCUT2D eigenvalue weighted by Crippen LogP contribution is 2.52. The Morgan fingerprint density at radius 3 is 2.21 bits per heavy atom. The van der Waals surface area contributed by atoms with E-state index in [-0.39, 0.29) is 23.1 Å². The second-order valence-corrected chi connectivity index (χ2v) is 9.60. The summed E-state index contributed by atoms with van der Waals surface area (Å²) < 4.78 is 0. The molecule has 33 heavy (non-hydrogen) atoms. The second-order valence-electron chi connectivity index (χ2n) is 9.60. The van der Waals surface area contributed by atoms with Crippen LogP contribution in [-0.4, -0.2) is 72.3 Å². The fourth-order valence-electron chi connectivity index (χ4n) is 6.33. The van der Waals surface area contributed by atoms with Crippen LogP contribution in [0.3, 0.4) is 0 Å². The Labute approximate surface area is 192 Å². The molecule has 0 N–H and O–H groups in total. The molecule has 10 heteroatoms. The van der Waals surface area contributed by atoms with Gasteiger partial charge < -0.3 is 9.80 Å². The molecule has 0 saturated carbocycles. The highest BCUT2D eigenvalue weighted by atomic mass is 16.6. The summed E-state index contributed by atoms with van der Waals surface area (Å²) >= 11 is 0. The first kappa shape index (κ1) is 21.7. The number of barbiturate groups is 1. The molecule has 4 amide bonds. The Kier molecular flexibility index (Phi) is 5.06. The quantitative estimate of drug-likeness (QED) is 0.383. The molecule has 3 saturated heterocycles. The molecule has 0 aromatic heterocycles. The maximum atomic E-state index is 13.7. The van der Waals surface area contributed by atoms with Crippen LogP contribution in [-0.2, 0) is 16.0 Å². The Morgan fingerprint density at radius 2 is 1.58 bits per heavy atom. The lowest BCUT2D eigenvalue weighted by Crippen LogP contribution is -2.72. The number of carbonyl (C=O) groups is 3. The van der Waals surface area contributed by atoms with E-state index in [1.54, 1.807) is 12.1 Å². The van der Waals surface area contributed by atoms with Crippen molar-refractivity contribution >= 4 is 34.9 Å². The van der Waals surface area contributed by atoms with E-state index in [0.29, 0.717) is 37.3 Å². The minimum atomic E-state index is -1.47. The zero-order valence-corrected chi connectivity index (χ0v) is 19.1. The molecule has 1 spiro atoms. The van der Waals surface area contributed by atoms with E-state index in [1.165, 1.54) is 14.1 Å². The van der Waals surface area contributed by atoms with Gasteiger partial charge in [0, 0.05) is 57.5 Å². The average molecular weight is 456 g/mol. The van der Waals surface area contributed by atoms with Crippen LogP contribution < -0.4 is 9.80 Å². The number of benzene rings is 1. The predicted octanol–water partition coefficient (Wildman–Crippen LogP) is 2.54. The number of hydrogen-bond acceptors (Lipinski definition) is 7. The first-order valence-corrected chi connectivity index (χ1v) is 11.7. The van der Waals surface area contributed by atoms with Crippen molar-refractivity contribution in [2.24, 2.45) is 5.41 Å². The molecule has 0 unspecified atom stereocenters. The third-order valence-electron chi connectivity index (χ3n) is 7.89. The van der Waals surface area contributed by atoms with E-state index >= 15 is 0 Å². The van der Waals surface area contributed by atoms with Crippen LogP contribution in [0.25, 0.3) is 0 Å². The molecular formula is C23H29N5O5. The normalized spacial score (nSPS) is 24.8. The van der Waals surface area contributed by atoms with Crippen molar-refractivity contribution in [1.29, 1.82) is 0 Å². The molecule has 4 aliphatic heterocycles. The van der Waals surface area contributed by atoms with Crippen molar-refractivity contribution in [3.63, 3.8) is 0 Å². The van der Waals surface area contributed by atoms with Gasteiger partial charge in [-0.1, -0.05) is 0 Å². The number of nitrogens with zero attached hydrogens (tertiary/aromatic N) is 5. The first-order valence-electron chi connectivity index (χ1n) is 11.7. The first-order chi connectivity index (χ1) is 15.8. The van der Waals surface area contributed by atoms with E-state index in [1.807, 2.05) is 0 Å². The average Bonchev–Trinajstić information content (AvgIpc) is 2.84. The zero-order valence-electron chi connectivity index (χ0n) is 19.1. The summed E-state index contributed by atoms with van der Waals surface area (Å²) in [4.78, 5) is 57.9. The van der Waals surface area contributed by atoms with Gasteiger partial charge in [0.2, 0.25) is 11.8 Å².